The van der Waals surface area contributed by atoms with Crippen molar-refractivity contribution in [1.29, 1.82) is 0 Å². The molecular weight excluding hydrogens is 275 g/mol. The third-order valence-electron chi connectivity index (χ3n) is 4.07. The maximum absolute atomic E-state index is 14.3. The Kier molecular flexibility index (Phi) is 4.07. The predicted octanol–water partition coefficient (Wildman–Crippen LogP) is 1.41. The lowest BCUT2D eigenvalue weighted by Crippen LogP contribution is -2.30. The molecule has 114 valence electrons. The maximum atomic E-state index is 14.3. The molecule has 0 spiro atoms. The van der Waals surface area contributed by atoms with Crippen LogP contribution in [0.3, 0.4) is 0 Å². The van der Waals surface area contributed by atoms with E-state index < -0.39 is 0 Å². The Morgan fingerprint density at radius 1 is 1.52 bits per heavy atom. The van der Waals surface area contributed by atoms with Crippen LogP contribution in [0, 0.1) is 11.7 Å². The van der Waals surface area contributed by atoms with E-state index in [2.05, 4.69) is 10.5 Å². The molecule has 3 rings (SSSR count). The highest BCUT2D eigenvalue weighted by Gasteiger charge is 2.32. The normalized spacial score (nSPS) is 23.7. The van der Waals surface area contributed by atoms with Gasteiger partial charge in [-0.15, -0.1) is 0 Å². The third kappa shape index (κ3) is 2.73. The van der Waals surface area contributed by atoms with Crippen molar-refractivity contribution < 1.29 is 19.1 Å². The van der Waals surface area contributed by atoms with Crippen LogP contribution in [0.5, 0.6) is 5.75 Å². The Balaban J connectivity index is 1.74. The Morgan fingerprint density at radius 2 is 2.38 bits per heavy atom. The number of amidine groups is 1. The van der Waals surface area contributed by atoms with Crippen molar-refractivity contribution >= 4 is 5.84 Å². The van der Waals surface area contributed by atoms with Gasteiger partial charge in [0.25, 0.3) is 0 Å². The SMILES string of the molecule is C[C@@H]1C(NOCCO)=NC[C@H]1c1cc2c(cc1F)OCC2. The summed E-state index contributed by atoms with van der Waals surface area (Å²) in [6.45, 7) is 3.28. The van der Waals surface area contributed by atoms with Crippen molar-refractivity contribution in [2.45, 2.75) is 19.3 Å². The summed E-state index contributed by atoms with van der Waals surface area (Å²) in [5.41, 5.74) is 4.50. The number of nitrogens with zero attached hydrogens (tertiary/aromatic N) is 1. The lowest BCUT2D eigenvalue weighted by atomic mass is 9.87. The molecule has 2 N–H and O–H groups in total. The minimum Gasteiger partial charge on any atom is -0.493 e. The van der Waals surface area contributed by atoms with Gasteiger partial charge in [-0.3, -0.25) is 15.3 Å². The maximum Gasteiger partial charge on any atom is 0.130 e. The number of ether oxygens (including phenoxy) is 1. The summed E-state index contributed by atoms with van der Waals surface area (Å²) in [5, 5.41) is 8.70. The Labute approximate surface area is 122 Å². The monoisotopic (exact) mass is 294 g/mol. The number of hydroxylamine groups is 1. The van der Waals surface area contributed by atoms with Gasteiger partial charge in [0.1, 0.15) is 17.4 Å². The van der Waals surface area contributed by atoms with Gasteiger partial charge < -0.3 is 9.84 Å². The summed E-state index contributed by atoms with van der Waals surface area (Å²) in [7, 11) is 0. The van der Waals surface area contributed by atoms with Gasteiger partial charge >= 0.3 is 0 Å². The standard InChI is InChI=1S/C15H19FN2O3/c1-9-12(8-17-15(9)18-21-5-3-19)11-6-10-2-4-20-14(10)7-13(11)16/h6-7,9,12,19H,2-5,8H2,1H3,(H,17,18)/t9-,12+/m0/s1. The zero-order chi connectivity index (χ0) is 14.8. The molecule has 2 atom stereocenters. The first-order valence-electron chi connectivity index (χ1n) is 7.19. The molecule has 5 nitrogen and oxygen atoms in total. The van der Waals surface area contributed by atoms with E-state index in [-0.39, 0.29) is 30.9 Å². The van der Waals surface area contributed by atoms with Crippen LogP contribution in [0.15, 0.2) is 17.1 Å². The number of rotatable bonds is 4. The highest BCUT2D eigenvalue weighted by molar-refractivity contribution is 5.86. The molecule has 21 heavy (non-hydrogen) atoms. The summed E-state index contributed by atoms with van der Waals surface area (Å²) in [5.74, 6) is 1.16. The van der Waals surface area contributed by atoms with E-state index in [0.29, 0.717) is 30.3 Å². The molecule has 2 aliphatic heterocycles. The van der Waals surface area contributed by atoms with Gasteiger partial charge in [-0.25, -0.2) is 4.39 Å². The van der Waals surface area contributed by atoms with Crippen molar-refractivity contribution in [3.8, 4) is 5.75 Å². The Bertz CT molecular complexity index is 562. The lowest BCUT2D eigenvalue weighted by molar-refractivity contribution is 0.0512. The van der Waals surface area contributed by atoms with Gasteiger partial charge in [0.2, 0.25) is 0 Å². The van der Waals surface area contributed by atoms with Gasteiger partial charge in [-0.1, -0.05) is 6.92 Å². The van der Waals surface area contributed by atoms with Crippen molar-refractivity contribution in [2.75, 3.05) is 26.4 Å². The van der Waals surface area contributed by atoms with E-state index in [0.717, 1.165) is 12.0 Å². The minimum atomic E-state index is -0.236. The molecule has 0 bridgehead atoms. The number of aliphatic hydroxyl groups excluding tert-OH is 1. The van der Waals surface area contributed by atoms with E-state index in [1.54, 1.807) is 0 Å². The largest absolute Gasteiger partial charge is 0.493 e. The van der Waals surface area contributed by atoms with E-state index in [9.17, 15) is 4.39 Å². The predicted molar refractivity (Wildman–Crippen MR) is 76.0 cm³/mol. The molecule has 1 aromatic carbocycles. The molecule has 0 aromatic heterocycles. The number of benzene rings is 1. The minimum absolute atomic E-state index is 0.00359. The van der Waals surface area contributed by atoms with Crippen LogP contribution in [0.2, 0.25) is 0 Å². The zero-order valence-corrected chi connectivity index (χ0v) is 11.9. The lowest BCUT2D eigenvalue weighted by Gasteiger charge is -2.19. The van der Waals surface area contributed by atoms with Crippen molar-refractivity contribution in [3.63, 3.8) is 0 Å². The number of halogens is 1. The second-order valence-electron chi connectivity index (χ2n) is 5.38. The number of aliphatic hydroxyl groups is 1. The molecule has 0 saturated carbocycles. The third-order valence-corrected chi connectivity index (χ3v) is 4.07. The highest BCUT2D eigenvalue weighted by Crippen LogP contribution is 2.36. The highest BCUT2D eigenvalue weighted by atomic mass is 19.1. The van der Waals surface area contributed by atoms with Crippen LogP contribution >= 0.6 is 0 Å². The fraction of sp³-hybridized carbons (Fsp3) is 0.533. The Morgan fingerprint density at radius 3 is 3.19 bits per heavy atom. The summed E-state index contributed by atoms with van der Waals surface area (Å²) in [6.07, 6.45) is 0.829. The van der Waals surface area contributed by atoms with Gasteiger partial charge in [0.15, 0.2) is 0 Å². The number of nitrogens with one attached hydrogen (secondary N) is 1. The number of hydrogen-bond donors (Lipinski definition) is 2. The molecule has 0 fully saturated rings. The molecule has 0 saturated heterocycles. The molecule has 2 heterocycles. The first-order chi connectivity index (χ1) is 10.2. The second kappa shape index (κ2) is 5.99. The first kappa shape index (κ1) is 14.3. The molecule has 0 radical (unpaired) electrons. The molecule has 6 heteroatoms. The fourth-order valence-electron chi connectivity index (χ4n) is 2.86. The van der Waals surface area contributed by atoms with Gasteiger partial charge in [-0.2, -0.15) is 0 Å². The molecular formula is C15H19FN2O3. The van der Waals surface area contributed by atoms with E-state index in [1.165, 1.54) is 6.07 Å². The van der Waals surface area contributed by atoms with Crippen LogP contribution in [-0.4, -0.2) is 37.3 Å². The van der Waals surface area contributed by atoms with Crippen molar-refractivity contribution in [1.82, 2.24) is 5.48 Å². The molecule has 1 aromatic rings. The number of fused-ring (bicyclic) bond motifs is 1. The van der Waals surface area contributed by atoms with Crippen LogP contribution in [0.25, 0.3) is 0 Å². The van der Waals surface area contributed by atoms with Gasteiger partial charge in [-0.05, 0) is 17.2 Å². The van der Waals surface area contributed by atoms with Crippen LogP contribution in [-0.2, 0) is 11.3 Å². The van der Waals surface area contributed by atoms with Crippen LogP contribution in [0.4, 0.5) is 4.39 Å². The molecule has 0 aliphatic carbocycles. The van der Waals surface area contributed by atoms with Crippen molar-refractivity contribution in [2.24, 2.45) is 10.9 Å². The van der Waals surface area contributed by atoms with Crippen LogP contribution in [0.1, 0.15) is 24.0 Å². The van der Waals surface area contributed by atoms with E-state index in [4.69, 9.17) is 14.7 Å². The summed E-state index contributed by atoms with van der Waals surface area (Å²) in [4.78, 5) is 9.46. The fourth-order valence-corrected chi connectivity index (χ4v) is 2.86. The first-order valence-corrected chi connectivity index (χ1v) is 7.19. The Hall–Kier alpha value is -1.66. The van der Waals surface area contributed by atoms with E-state index in [1.807, 2.05) is 13.0 Å². The van der Waals surface area contributed by atoms with Crippen LogP contribution < -0.4 is 10.2 Å². The number of hydrogen-bond acceptors (Lipinski definition) is 5. The van der Waals surface area contributed by atoms with Crippen molar-refractivity contribution in [3.05, 3.63) is 29.1 Å². The second-order valence-corrected chi connectivity index (χ2v) is 5.38. The molecule has 0 amide bonds. The molecule has 2 aliphatic rings. The average molecular weight is 294 g/mol. The molecule has 0 unspecified atom stereocenters. The topological polar surface area (TPSA) is 63.1 Å². The summed E-state index contributed by atoms with van der Waals surface area (Å²) in [6, 6.07) is 3.39. The van der Waals surface area contributed by atoms with Gasteiger partial charge in [0.05, 0.1) is 19.8 Å². The van der Waals surface area contributed by atoms with Gasteiger partial charge in [0, 0.05) is 30.9 Å². The number of aliphatic imine (C=N–C) groups is 1. The zero-order valence-electron chi connectivity index (χ0n) is 11.9. The quantitative estimate of drug-likeness (QED) is 0.651. The summed E-state index contributed by atoms with van der Waals surface area (Å²) >= 11 is 0. The average Bonchev–Trinajstić information content (AvgIpc) is 3.05. The smallest absolute Gasteiger partial charge is 0.130 e. The summed E-state index contributed by atoms with van der Waals surface area (Å²) < 4.78 is 19.7. The van der Waals surface area contributed by atoms with E-state index >= 15 is 0 Å².